The number of aliphatic hydroxyl groups is 1. The molecule has 2 N–H and O–H groups in total. The topological polar surface area (TPSA) is 45.2 Å². The second kappa shape index (κ2) is 6.33. The number of nitrogens with one attached hydrogen (secondary N) is 1. The van der Waals surface area contributed by atoms with Crippen molar-refractivity contribution < 1.29 is 5.11 Å². The lowest BCUT2D eigenvalue weighted by Crippen LogP contribution is -2.34. The summed E-state index contributed by atoms with van der Waals surface area (Å²) in [5.74, 6) is 0. The highest BCUT2D eigenvalue weighted by Gasteiger charge is 2.20. The largest absolute Gasteiger partial charge is 0.396 e. The van der Waals surface area contributed by atoms with Crippen LogP contribution in [0.25, 0.3) is 0 Å². The van der Waals surface area contributed by atoms with Crippen molar-refractivity contribution in [3.63, 3.8) is 0 Å². The number of hydrogen-bond acceptors (Lipinski definition) is 4. The Hall–Kier alpha value is -0.450. The first-order chi connectivity index (χ1) is 7.63. The summed E-state index contributed by atoms with van der Waals surface area (Å²) in [6, 6.07) is 0. The van der Waals surface area contributed by atoms with Gasteiger partial charge in [0.25, 0.3) is 0 Å². The molecule has 0 fully saturated rings. The van der Waals surface area contributed by atoms with Gasteiger partial charge >= 0.3 is 0 Å². The molecule has 0 radical (unpaired) electrons. The van der Waals surface area contributed by atoms with Crippen LogP contribution in [0.4, 0.5) is 0 Å². The normalized spacial score (nSPS) is 15.0. The molecule has 4 heteroatoms. The maximum Gasteiger partial charge on any atom is 0.107 e. The minimum atomic E-state index is -0.00908. The van der Waals surface area contributed by atoms with Crippen molar-refractivity contribution in [1.29, 1.82) is 0 Å². The van der Waals surface area contributed by atoms with Crippen LogP contribution in [-0.2, 0) is 13.0 Å². The van der Waals surface area contributed by atoms with Crippen LogP contribution in [0.2, 0.25) is 0 Å². The van der Waals surface area contributed by atoms with E-state index in [1.54, 1.807) is 11.3 Å². The lowest BCUT2D eigenvalue weighted by Gasteiger charge is -2.25. The number of aliphatic hydroxyl groups excluding tert-OH is 1. The third kappa shape index (κ3) is 3.85. The second-order valence-corrected chi connectivity index (χ2v) is 5.70. The summed E-state index contributed by atoms with van der Waals surface area (Å²) in [7, 11) is 0. The zero-order chi connectivity index (χ0) is 12.0. The molecular weight excluding hydrogens is 220 g/mol. The molecule has 1 unspecified atom stereocenters. The molecule has 0 spiro atoms. The second-order valence-electron chi connectivity index (χ2n) is 4.50. The number of aryl methyl sites for hydroxylation is 1. The van der Waals surface area contributed by atoms with Gasteiger partial charge in [0.1, 0.15) is 5.01 Å². The van der Waals surface area contributed by atoms with Gasteiger partial charge in [0.15, 0.2) is 0 Å². The van der Waals surface area contributed by atoms with Crippen LogP contribution in [0, 0.1) is 5.41 Å². The fourth-order valence-electron chi connectivity index (χ4n) is 1.36. The summed E-state index contributed by atoms with van der Waals surface area (Å²) >= 11 is 1.76. The Kier molecular flexibility index (Phi) is 5.38. The molecule has 0 aliphatic rings. The monoisotopic (exact) mass is 242 g/mol. The van der Waals surface area contributed by atoms with Gasteiger partial charge in [-0.05, 0) is 12.8 Å². The third-order valence-corrected chi connectivity index (χ3v) is 4.15. The van der Waals surface area contributed by atoms with Crippen LogP contribution >= 0.6 is 11.3 Å². The summed E-state index contributed by atoms with van der Waals surface area (Å²) in [5, 5.41) is 13.8. The standard InChI is InChI=1S/C12H22N2OS/c1-4-10-6-14-11(16-10)7-13-8-12(3,5-2)9-15/h6,13,15H,4-5,7-9H2,1-3H3. The maximum atomic E-state index is 9.27. The molecule has 3 nitrogen and oxygen atoms in total. The first-order valence-electron chi connectivity index (χ1n) is 5.88. The highest BCUT2D eigenvalue weighted by molar-refractivity contribution is 7.11. The first-order valence-corrected chi connectivity index (χ1v) is 6.70. The van der Waals surface area contributed by atoms with Crippen LogP contribution in [-0.4, -0.2) is 23.2 Å². The van der Waals surface area contributed by atoms with E-state index >= 15 is 0 Å². The van der Waals surface area contributed by atoms with E-state index in [0.29, 0.717) is 0 Å². The molecule has 92 valence electrons. The van der Waals surface area contributed by atoms with E-state index in [0.717, 1.165) is 30.9 Å². The van der Waals surface area contributed by atoms with Crippen LogP contribution in [0.5, 0.6) is 0 Å². The number of hydrogen-bond donors (Lipinski definition) is 2. The van der Waals surface area contributed by atoms with E-state index in [1.165, 1.54) is 4.88 Å². The van der Waals surface area contributed by atoms with Gasteiger partial charge in [0, 0.05) is 36.2 Å². The summed E-state index contributed by atoms with van der Waals surface area (Å²) in [4.78, 5) is 5.68. The minimum Gasteiger partial charge on any atom is -0.396 e. The van der Waals surface area contributed by atoms with Crippen molar-refractivity contribution in [2.45, 2.75) is 40.2 Å². The molecule has 1 heterocycles. The molecule has 0 aliphatic heterocycles. The fourth-order valence-corrected chi connectivity index (χ4v) is 2.19. The Labute approximate surface area is 102 Å². The van der Waals surface area contributed by atoms with Gasteiger partial charge < -0.3 is 10.4 Å². The molecule has 0 bridgehead atoms. The zero-order valence-corrected chi connectivity index (χ0v) is 11.2. The van der Waals surface area contributed by atoms with Crippen molar-refractivity contribution in [3.8, 4) is 0 Å². The predicted octanol–water partition coefficient (Wildman–Crippen LogP) is 2.20. The average molecular weight is 242 g/mol. The van der Waals surface area contributed by atoms with Crippen LogP contribution in [0.15, 0.2) is 6.20 Å². The Morgan fingerprint density at radius 2 is 2.25 bits per heavy atom. The van der Waals surface area contributed by atoms with Gasteiger partial charge in [-0.1, -0.05) is 20.8 Å². The molecule has 0 saturated heterocycles. The SMILES string of the molecule is CCc1cnc(CNCC(C)(CC)CO)s1. The van der Waals surface area contributed by atoms with Crippen molar-refractivity contribution in [2.24, 2.45) is 5.41 Å². The fraction of sp³-hybridized carbons (Fsp3) is 0.750. The van der Waals surface area contributed by atoms with Crippen LogP contribution in [0.3, 0.4) is 0 Å². The Morgan fingerprint density at radius 1 is 1.50 bits per heavy atom. The quantitative estimate of drug-likeness (QED) is 0.770. The van der Waals surface area contributed by atoms with E-state index < -0.39 is 0 Å². The average Bonchev–Trinajstić information content (AvgIpc) is 2.77. The summed E-state index contributed by atoms with van der Waals surface area (Å²) in [6.07, 6.45) is 3.99. The smallest absolute Gasteiger partial charge is 0.107 e. The number of nitrogens with zero attached hydrogens (tertiary/aromatic N) is 1. The summed E-state index contributed by atoms with van der Waals surface area (Å²) in [5.41, 5.74) is -0.00908. The number of rotatable bonds is 7. The Morgan fingerprint density at radius 3 is 2.75 bits per heavy atom. The van der Waals surface area contributed by atoms with E-state index in [-0.39, 0.29) is 12.0 Å². The molecule has 1 rings (SSSR count). The van der Waals surface area contributed by atoms with E-state index in [1.807, 2.05) is 6.20 Å². The van der Waals surface area contributed by atoms with Gasteiger partial charge in [-0.25, -0.2) is 4.98 Å². The molecule has 0 saturated carbocycles. The van der Waals surface area contributed by atoms with Gasteiger partial charge in [-0.2, -0.15) is 0 Å². The van der Waals surface area contributed by atoms with E-state index in [4.69, 9.17) is 0 Å². The van der Waals surface area contributed by atoms with Crippen molar-refractivity contribution in [3.05, 3.63) is 16.1 Å². The zero-order valence-electron chi connectivity index (χ0n) is 10.4. The summed E-state index contributed by atoms with van der Waals surface area (Å²) < 4.78 is 0. The Bertz CT molecular complexity index is 308. The van der Waals surface area contributed by atoms with Crippen molar-refractivity contribution in [1.82, 2.24) is 10.3 Å². The molecule has 0 aliphatic carbocycles. The van der Waals surface area contributed by atoms with Gasteiger partial charge in [-0.15, -0.1) is 11.3 Å². The highest BCUT2D eigenvalue weighted by atomic mass is 32.1. The van der Waals surface area contributed by atoms with E-state index in [9.17, 15) is 5.11 Å². The molecular formula is C12H22N2OS. The minimum absolute atomic E-state index is 0.00908. The first kappa shape index (κ1) is 13.6. The Balaban J connectivity index is 2.35. The van der Waals surface area contributed by atoms with Crippen LogP contribution in [0.1, 0.15) is 37.1 Å². The molecule has 1 aromatic heterocycles. The molecule has 0 aromatic carbocycles. The van der Waals surface area contributed by atoms with Gasteiger partial charge in [0.05, 0.1) is 0 Å². The van der Waals surface area contributed by atoms with Gasteiger partial charge in [-0.3, -0.25) is 0 Å². The lowest BCUT2D eigenvalue weighted by atomic mass is 9.89. The van der Waals surface area contributed by atoms with Crippen LogP contribution < -0.4 is 5.32 Å². The van der Waals surface area contributed by atoms with Crippen molar-refractivity contribution >= 4 is 11.3 Å². The molecule has 1 atom stereocenters. The summed E-state index contributed by atoms with van der Waals surface area (Å²) in [6.45, 7) is 8.22. The molecule has 1 aromatic rings. The predicted molar refractivity (Wildman–Crippen MR) is 68.7 cm³/mol. The van der Waals surface area contributed by atoms with Crippen molar-refractivity contribution in [2.75, 3.05) is 13.2 Å². The molecule has 0 amide bonds. The number of thiazole rings is 1. The maximum absolute atomic E-state index is 9.27. The molecule has 16 heavy (non-hydrogen) atoms. The highest BCUT2D eigenvalue weighted by Crippen LogP contribution is 2.19. The lowest BCUT2D eigenvalue weighted by molar-refractivity contribution is 0.135. The van der Waals surface area contributed by atoms with E-state index in [2.05, 4.69) is 31.1 Å². The third-order valence-electron chi connectivity index (χ3n) is 3.01. The number of aromatic nitrogens is 1. The van der Waals surface area contributed by atoms with Gasteiger partial charge in [0.2, 0.25) is 0 Å².